The third kappa shape index (κ3) is 1.22. The highest BCUT2D eigenvalue weighted by atomic mass is 32.2. The zero-order valence-electron chi connectivity index (χ0n) is 7.32. The maximum Gasteiger partial charge on any atom is 0.312 e. The van der Waals surface area contributed by atoms with Crippen LogP contribution in [0.2, 0.25) is 0 Å². The van der Waals surface area contributed by atoms with Gasteiger partial charge in [0.2, 0.25) is 5.91 Å². The van der Waals surface area contributed by atoms with E-state index in [0.29, 0.717) is 18.7 Å². The number of carboxylic acids is 1. The highest BCUT2D eigenvalue weighted by Gasteiger charge is 2.49. The van der Waals surface area contributed by atoms with Gasteiger partial charge in [0.15, 0.2) is 0 Å². The second-order valence-electron chi connectivity index (χ2n) is 3.86. The molecule has 0 bridgehead atoms. The van der Waals surface area contributed by atoms with Crippen molar-refractivity contribution >= 4 is 23.6 Å². The number of nitrogens with zero attached hydrogens (tertiary/aromatic N) is 1. The molecule has 1 amide bonds. The fraction of sp³-hybridized carbons (Fsp3) is 0.750. The van der Waals surface area contributed by atoms with Crippen LogP contribution in [0.3, 0.4) is 0 Å². The minimum atomic E-state index is -0.807. The summed E-state index contributed by atoms with van der Waals surface area (Å²) in [6.45, 7) is 2.07. The lowest BCUT2D eigenvalue weighted by Gasteiger charge is -2.48. The molecule has 0 saturated carbocycles. The molecular weight excluding hydrogens is 190 g/mol. The van der Waals surface area contributed by atoms with E-state index in [9.17, 15) is 9.59 Å². The zero-order valence-corrected chi connectivity index (χ0v) is 8.13. The molecule has 0 spiro atoms. The van der Waals surface area contributed by atoms with E-state index in [1.807, 2.05) is 0 Å². The summed E-state index contributed by atoms with van der Waals surface area (Å²) in [6, 6.07) is 0. The molecule has 0 aliphatic carbocycles. The summed E-state index contributed by atoms with van der Waals surface area (Å²) in [7, 11) is 0. The van der Waals surface area contributed by atoms with Crippen LogP contribution in [0.25, 0.3) is 0 Å². The molecule has 2 aliphatic rings. The molecule has 2 saturated heterocycles. The topological polar surface area (TPSA) is 57.6 Å². The standard InChI is InChI=1S/C8H11NO3S/c1-8(7(11)12)3-9-5(10)2-6(9)13-4-8/h6H,2-4H2,1H3,(H,11,12)/t6-,8?/m1/s1. The number of hydrogen-bond donors (Lipinski definition) is 1. The van der Waals surface area contributed by atoms with Gasteiger partial charge in [-0.3, -0.25) is 9.59 Å². The molecule has 0 aromatic rings. The lowest BCUT2D eigenvalue weighted by molar-refractivity contribution is -0.154. The van der Waals surface area contributed by atoms with Crippen LogP contribution in [-0.4, -0.2) is 39.6 Å². The number of rotatable bonds is 1. The summed E-state index contributed by atoms with van der Waals surface area (Å²) in [5, 5.41) is 9.21. The van der Waals surface area contributed by atoms with Crippen LogP contribution in [-0.2, 0) is 9.59 Å². The van der Waals surface area contributed by atoms with Crippen molar-refractivity contribution in [3.8, 4) is 0 Å². The quantitative estimate of drug-likeness (QED) is 0.623. The predicted molar refractivity (Wildman–Crippen MR) is 48.3 cm³/mol. The summed E-state index contributed by atoms with van der Waals surface area (Å²) < 4.78 is 0. The molecule has 0 aromatic heterocycles. The average Bonchev–Trinajstić information content (AvgIpc) is 2.07. The van der Waals surface area contributed by atoms with Crippen molar-refractivity contribution < 1.29 is 14.7 Å². The zero-order chi connectivity index (χ0) is 9.64. The normalized spacial score (nSPS) is 38.1. The van der Waals surface area contributed by atoms with Crippen molar-refractivity contribution in [2.45, 2.75) is 18.7 Å². The van der Waals surface area contributed by atoms with Crippen molar-refractivity contribution in [2.24, 2.45) is 5.41 Å². The Morgan fingerprint density at radius 1 is 1.77 bits per heavy atom. The summed E-state index contributed by atoms with van der Waals surface area (Å²) in [4.78, 5) is 23.7. The van der Waals surface area contributed by atoms with E-state index in [0.717, 1.165) is 0 Å². The average molecular weight is 201 g/mol. The van der Waals surface area contributed by atoms with Crippen LogP contribution in [0.5, 0.6) is 0 Å². The maximum absolute atomic E-state index is 11.1. The molecule has 2 aliphatic heterocycles. The number of hydrogen-bond acceptors (Lipinski definition) is 3. The number of thioether (sulfide) groups is 1. The van der Waals surface area contributed by atoms with E-state index >= 15 is 0 Å². The fourth-order valence-electron chi connectivity index (χ4n) is 1.59. The molecule has 0 aromatic carbocycles. The van der Waals surface area contributed by atoms with Crippen LogP contribution in [0, 0.1) is 5.41 Å². The van der Waals surface area contributed by atoms with Gasteiger partial charge >= 0.3 is 5.97 Å². The highest BCUT2D eigenvalue weighted by molar-refractivity contribution is 8.00. The Balaban J connectivity index is 2.11. The minimum absolute atomic E-state index is 0.0877. The molecule has 13 heavy (non-hydrogen) atoms. The number of amides is 1. The van der Waals surface area contributed by atoms with Crippen molar-refractivity contribution in [3.05, 3.63) is 0 Å². The molecular formula is C8H11NO3S. The van der Waals surface area contributed by atoms with E-state index in [4.69, 9.17) is 5.11 Å². The SMILES string of the molecule is CC1(C(=O)O)CS[C@@H]2CC(=O)N2C1. The van der Waals surface area contributed by atoms with Crippen LogP contribution in [0.4, 0.5) is 0 Å². The van der Waals surface area contributed by atoms with E-state index in [2.05, 4.69) is 0 Å². The van der Waals surface area contributed by atoms with Gasteiger partial charge in [0.05, 0.1) is 17.2 Å². The minimum Gasteiger partial charge on any atom is -0.481 e. The molecule has 2 heterocycles. The van der Waals surface area contributed by atoms with Crippen molar-refractivity contribution in [1.29, 1.82) is 0 Å². The van der Waals surface area contributed by atoms with Gasteiger partial charge in [-0.2, -0.15) is 0 Å². The van der Waals surface area contributed by atoms with Crippen molar-refractivity contribution in [3.63, 3.8) is 0 Å². The number of β-lactam (4-membered cyclic amide) rings is 1. The predicted octanol–water partition coefficient (Wildman–Crippen LogP) is 0.383. The largest absolute Gasteiger partial charge is 0.481 e. The third-order valence-corrected chi connectivity index (χ3v) is 4.26. The Bertz CT molecular complexity index is 281. The van der Waals surface area contributed by atoms with Gasteiger partial charge in [-0.1, -0.05) is 0 Å². The van der Waals surface area contributed by atoms with Gasteiger partial charge in [-0.05, 0) is 6.92 Å². The van der Waals surface area contributed by atoms with Gasteiger partial charge in [0.1, 0.15) is 0 Å². The monoisotopic (exact) mass is 201 g/mol. The third-order valence-electron chi connectivity index (χ3n) is 2.65. The second kappa shape index (κ2) is 2.64. The fourth-order valence-corrected chi connectivity index (χ4v) is 3.00. The van der Waals surface area contributed by atoms with Crippen LogP contribution < -0.4 is 0 Å². The van der Waals surface area contributed by atoms with Gasteiger partial charge in [0, 0.05) is 12.3 Å². The number of fused-ring (bicyclic) bond motifs is 1. The summed E-state index contributed by atoms with van der Waals surface area (Å²) in [5.74, 6) is -0.112. The van der Waals surface area contributed by atoms with Gasteiger partial charge in [0.25, 0.3) is 0 Å². The lowest BCUT2D eigenvalue weighted by Crippen LogP contribution is -2.60. The second-order valence-corrected chi connectivity index (χ2v) is 5.02. The van der Waals surface area contributed by atoms with Crippen LogP contribution in [0.15, 0.2) is 0 Å². The van der Waals surface area contributed by atoms with Crippen molar-refractivity contribution in [1.82, 2.24) is 4.90 Å². The summed E-state index contributed by atoms with van der Waals surface area (Å²) in [6.07, 6.45) is 0.584. The highest BCUT2D eigenvalue weighted by Crippen LogP contribution is 2.41. The Kier molecular flexibility index (Phi) is 1.80. The molecule has 2 atom stereocenters. The number of carbonyl (C=O) groups is 2. The molecule has 1 N–H and O–H groups in total. The smallest absolute Gasteiger partial charge is 0.312 e. The van der Waals surface area contributed by atoms with E-state index < -0.39 is 11.4 Å². The Morgan fingerprint density at radius 3 is 3.00 bits per heavy atom. The number of aliphatic carboxylic acids is 1. The first-order chi connectivity index (χ1) is 6.03. The first-order valence-corrected chi connectivity index (χ1v) is 5.22. The molecule has 2 rings (SSSR count). The maximum atomic E-state index is 11.1. The van der Waals surface area contributed by atoms with Crippen molar-refractivity contribution in [2.75, 3.05) is 12.3 Å². The lowest BCUT2D eigenvalue weighted by atomic mass is 9.91. The Hall–Kier alpha value is -0.710. The van der Waals surface area contributed by atoms with E-state index in [1.54, 1.807) is 23.6 Å². The Morgan fingerprint density at radius 2 is 2.46 bits per heavy atom. The molecule has 2 fully saturated rings. The van der Waals surface area contributed by atoms with Crippen LogP contribution in [0.1, 0.15) is 13.3 Å². The first kappa shape index (κ1) is 8.87. The molecule has 0 radical (unpaired) electrons. The van der Waals surface area contributed by atoms with Crippen LogP contribution >= 0.6 is 11.8 Å². The first-order valence-electron chi connectivity index (χ1n) is 4.17. The molecule has 5 heteroatoms. The van der Waals surface area contributed by atoms with Gasteiger partial charge in [-0.25, -0.2) is 0 Å². The molecule has 1 unspecified atom stereocenters. The summed E-state index contributed by atoms with van der Waals surface area (Å²) >= 11 is 1.58. The van der Waals surface area contributed by atoms with Gasteiger partial charge < -0.3 is 10.0 Å². The molecule has 72 valence electrons. The number of carbonyl (C=O) groups excluding carboxylic acids is 1. The van der Waals surface area contributed by atoms with E-state index in [-0.39, 0.29) is 11.3 Å². The van der Waals surface area contributed by atoms with Gasteiger partial charge in [-0.15, -0.1) is 11.8 Å². The van der Waals surface area contributed by atoms with E-state index in [1.165, 1.54) is 0 Å². The summed E-state index contributed by atoms with van der Waals surface area (Å²) in [5.41, 5.74) is -0.753. The Labute approximate surface area is 80.3 Å². The number of carboxylic acid groups (broad SMARTS) is 1. The molecule has 4 nitrogen and oxygen atoms in total.